The lowest BCUT2D eigenvalue weighted by Gasteiger charge is -2.18. The smallest absolute Gasteiger partial charge is 0.306 e. The van der Waals surface area contributed by atoms with E-state index in [0.29, 0.717) is 19.3 Å². The summed E-state index contributed by atoms with van der Waals surface area (Å²) in [5, 5.41) is 0. The minimum Gasteiger partial charge on any atom is -0.462 e. The molecule has 0 aromatic rings. The number of esters is 3. The summed E-state index contributed by atoms with van der Waals surface area (Å²) >= 11 is 0. The highest BCUT2D eigenvalue weighted by molar-refractivity contribution is 5.71. The lowest BCUT2D eigenvalue weighted by atomic mass is 10.1. The van der Waals surface area contributed by atoms with Crippen LogP contribution in [0.2, 0.25) is 0 Å². The molecule has 1 unspecified atom stereocenters. The first-order valence-electron chi connectivity index (χ1n) is 30.8. The molecule has 0 amide bonds. The second kappa shape index (κ2) is 62.8. The van der Waals surface area contributed by atoms with Crippen molar-refractivity contribution < 1.29 is 28.6 Å². The SMILES string of the molecule is CC/C=C\C/C=C\C/C=C\C/C=C\C/C=C\C/C=C\C/C=C\C/C=C\C/C=C\CCCC(=O)OCC(COC(=O)CCCCCCC/C=C\C/C=C\CCCC)OC(=O)CCCCCCC/C=C\CCCCCCCC. The number of allylic oxidation sites excluding steroid dienone is 24. The summed E-state index contributed by atoms with van der Waals surface area (Å²) in [7, 11) is 0. The number of rotatable bonds is 54. The molecule has 6 heteroatoms. The van der Waals surface area contributed by atoms with Gasteiger partial charge in [-0.3, -0.25) is 14.4 Å². The van der Waals surface area contributed by atoms with Crippen molar-refractivity contribution in [2.45, 2.75) is 264 Å². The monoisotopic (exact) mass is 1050 g/mol. The van der Waals surface area contributed by atoms with Gasteiger partial charge in [0.2, 0.25) is 0 Å². The van der Waals surface area contributed by atoms with E-state index in [1.807, 2.05) is 0 Å². The van der Waals surface area contributed by atoms with Crippen LogP contribution in [-0.2, 0) is 28.6 Å². The van der Waals surface area contributed by atoms with Crippen LogP contribution in [0.3, 0.4) is 0 Å². The van der Waals surface area contributed by atoms with Crippen LogP contribution < -0.4 is 0 Å². The Morgan fingerprint density at radius 3 is 0.908 bits per heavy atom. The Bertz CT molecular complexity index is 1680. The summed E-state index contributed by atoms with van der Waals surface area (Å²) < 4.78 is 16.8. The number of carbonyl (C=O) groups excluding carboxylic acids is 3. The van der Waals surface area contributed by atoms with Crippen molar-refractivity contribution in [3.63, 3.8) is 0 Å². The van der Waals surface area contributed by atoms with Crippen molar-refractivity contribution in [3.8, 4) is 0 Å². The van der Waals surface area contributed by atoms with Crippen molar-refractivity contribution in [2.24, 2.45) is 0 Å². The van der Waals surface area contributed by atoms with E-state index in [0.717, 1.165) is 141 Å². The molecule has 6 nitrogen and oxygen atoms in total. The van der Waals surface area contributed by atoms with Gasteiger partial charge >= 0.3 is 17.9 Å². The maximum atomic E-state index is 12.9. The number of ether oxygens (including phenoxy) is 3. The Kier molecular flexibility index (Phi) is 58.9. The van der Waals surface area contributed by atoms with E-state index < -0.39 is 6.10 Å². The summed E-state index contributed by atoms with van der Waals surface area (Å²) in [6.45, 7) is 6.41. The first-order valence-corrected chi connectivity index (χ1v) is 30.8. The highest BCUT2D eigenvalue weighted by Gasteiger charge is 2.19. The number of unbranched alkanes of at least 4 members (excludes halogenated alkanes) is 19. The second-order valence-corrected chi connectivity index (χ2v) is 19.9. The van der Waals surface area contributed by atoms with Gasteiger partial charge in [0.1, 0.15) is 13.2 Å². The Morgan fingerprint density at radius 1 is 0.276 bits per heavy atom. The van der Waals surface area contributed by atoms with Gasteiger partial charge in [0, 0.05) is 19.3 Å². The first kappa shape index (κ1) is 71.3. The minimum absolute atomic E-state index is 0.111. The fraction of sp³-hybridized carbons (Fsp3) is 0.614. The molecule has 0 fully saturated rings. The Morgan fingerprint density at radius 2 is 0.539 bits per heavy atom. The Hall–Kier alpha value is -4.71. The maximum Gasteiger partial charge on any atom is 0.306 e. The van der Waals surface area contributed by atoms with Crippen LogP contribution in [0, 0.1) is 0 Å². The van der Waals surface area contributed by atoms with Crippen molar-refractivity contribution in [1.29, 1.82) is 0 Å². The van der Waals surface area contributed by atoms with Gasteiger partial charge < -0.3 is 14.2 Å². The molecule has 0 rings (SSSR count). The van der Waals surface area contributed by atoms with Crippen LogP contribution >= 0.6 is 0 Å². The average Bonchev–Trinajstić information content (AvgIpc) is 3.42. The topological polar surface area (TPSA) is 78.9 Å². The molecule has 0 aliphatic heterocycles. The van der Waals surface area contributed by atoms with Crippen molar-refractivity contribution >= 4 is 17.9 Å². The lowest BCUT2D eigenvalue weighted by Crippen LogP contribution is -2.30. The predicted octanol–water partition coefficient (Wildman–Crippen LogP) is 21.2. The molecule has 0 heterocycles. The van der Waals surface area contributed by atoms with Gasteiger partial charge in [-0.15, -0.1) is 0 Å². The summed E-state index contributed by atoms with van der Waals surface area (Å²) in [5.74, 6) is -0.998. The van der Waals surface area contributed by atoms with Crippen LogP contribution in [0.25, 0.3) is 0 Å². The van der Waals surface area contributed by atoms with Gasteiger partial charge in [0.05, 0.1) is 0 Å². The van der Waals surface area contributed by atoms with E-state index in [2.05, 4.69) is 167 Å². The molecule has 0 saturated heterocycles. The molecule has 0 radical (unpaired) electrons. The molecule has 76 heavy (non-hydrogen) atoms. The molecular weight excluding hydrogens is 937 g/mol. The van der Waals surface area contributed by atoms with E-state index in [1.54, 1.807) is 0 Å². The maximum absolute atomic E-state index is 12.9. The normalized spacial score (nSPS) is 13.1. The molecular formula is C70H112O6. The standard InChI is InChI=1S/C70H112O6/c1-4-7-10-13-16-19-22-25-28-29-30-31-32-33-34-35-36-37-38-39-40-41-43-45-48-51-54-57-60-63-69(72)75-66-67(65-74-68(71)62-59-56-53-50-47-44-27-24-21-18-15-12-9-6-3)76-70(73)64-61-58-55-52-49-46-42-26-23-20-17-14-11-8-5-2/h7,10,15-16,18-19,24-28,30-31,33-34,36-37,39-40,42-43,45,51,54,67H,4-6,8-9,11-14,17,20-23,29,32,35,38,41,44,46-50,52-53,55-66H2,1-3H3/b10-7-,18-15-,19-16-,27-24-,28-25-,31-30-,34-33-,37-36-,40-39-,42-26-,45-43-,54-51-. The zero-order valence-corrected chi connectivity index (χ0v) is 49.0. The van der Waals surface area contributed by atoms with Gasteiger partial charge in [-0.05, 0) is 135 Å². The van der Waals surface area contributed by atoms with Crippen molar-refractivity contribution in [3.05, 3.63) is 146 Å². The van der Waals surface area contributed by atoms with Crippen molar-refractivity contribution in [2.75, 3.05) is 13.2 Å². The highest BCUT2D eigenvalue weighted by Crippen LogP contribution is 2.13. The van der Waals surface area contributed by atoms with Crippen LogP contribution in [0.15, 0.2) is 146 Å². The first-order chi connectivity index (χ1) is 37.5. The van der Waals surface area contributed by atoms with Gasteiger partial charge in [0.25, 0.3) is 0 Å². The summed E-state index contributed by atoms with van der Waals surface area (Å²) in [6, 6.07) is 0. The summed E-state index contributed by atoms with van der Waals surface area (Å²) in [4.78, 5) is 38.2. The molecule has 0 aromatic heterocycles. The highest BCUT2D eigenvalue weighted by atomic mass is 16.6. The summed E-state index contributed by atoms with van der Waals surface area (Å²) in [5.41, 5.74) is 0. The third-order valence-corrected chi connectivity index (χ3v) is 12.5. The van der Waals surface area contributed by atoms with Gasteiger partial charge in [-0.2, -0.15) is 0 Å². The van der Waals surface area contributed by atoms with E-state index >= 15 is 0 Å². The van der Waals surface area contributed by atoms with Crippen LogP contribution in [-0.4, -0.2) is 37.2 Å². The Labute approximate surface area is 467 Å². The molecule has 0 bridgehead atoms. The lowest BCUT2D eigenvalue weighted by molar-refractivity contribution is -0.167. The fourth-order valence-corrected chi connectivity index (χ4v) is 7.92. The van der Waals surface area contributed by atoms with Gasteiger partial charge in [-0.25, -0.2) is 0 Å². The van der Waals surface area contributed by atoms with Crippen LogP contribution in [0.4, 0.5) is 0 Å². The number of hydrogen-bond donors (Lipinski definition) is 0. The largest absolute Gasteiger partial charge is 0.462 e. The quantitative estimate of drug-likeness (QED) is 0.0261. The van der Waals surface area contributed by atoms with Crippen LogP contribution in [0.1, 0.15) is 258 Å². The Balaban J connectivity index is 4.47. The fourth-order valence-electron chi connectivity index (χ4n) is 7.92. The molecule has 0 spiro atoms. The summed E-state index contributed by atoms with van der Waals surface area (Å²) in [6.07, 6.45) is 89.9. The van der Waals surface area contributed by atoms with Crippen LogP contribution in [0.5, 0.6) is 0 Å². The molecule has 0 aliphatic rings. The molecule has 0 saturated carbocycles. The third kappa shape index (κ3) is 60.2. The third-order valence-electron chi connectivity index (χ3n) is 12.5. The second-order valence-electron chi connectivity index (χ2n) is 19.9. The van der Waals surface area contributed by atoms with Gasteiger partial charge in [-0.1, -0.05) is 250 Å². The minimum atomic E-state index is -0.818. The van der Waals surface area contributed by atoms with E-state index in [1.165, 1.54) is 70.6 Å². The van der Waals surface area contributed by atoms with Crippen molar-refractivity contribution in [1.82, 2.24) is 0 Å². The average molecular weight is 1050 g/mol. The molecule has 0 aromatic carbocycles. The molecule has 428 valence electrons. The van der Waals surface area contributed by atoms with E-state index in [-0.39, 0.29) is 37.5 Å². The van der Waals surface area contributed by atoms with E-state index in [9.17, 15) is 14.4 Å². The molecule has 0 aliphatic carbocycles. The number of hydrogen-bond acceptors (Lipinski definition) is 6. The van der Waals surface area contributed by atoms with Gasteiger partial charge in [0.15, 0.2) is 6.10 Å². The zero-order chi connectivity index (χ0) is 55.0. The molecule has 0 N–H and O–H groups in total. The predicted molar refractivity (Wildman–Crippen MR) is 329 cm³/mol. The zero-order valence-electron chi connectivity index (χ0n) is 49.0. The number of carbonyl (C=O) groups is 3. The van der Waals surface area contributed by atoms with E-state index in [4.69, 9.17) is 14.2 Å². The molecule has 1 atom stereocenters.